The highest BCUT2D eigenvalue weighted by molar-refractivity contribution is 5.95. The number of aryl methyl sites for hydroxylation is 1. The van der Waals surface area contributed by atoms with Crippen molar-refractivity contribution in [2.24, 2.45) is 5.92 Å². The average Bonchev–Trinajstić information content (AvgIpc) is 2.57. The van der Waals surface area contributed by atoms with Crippen molar-refractivity contribution < 1.29 is 14.6 Å². The predicted octanol–water partition coefficient (Wildman–Crippen LogP) is 2.64. The highest BCUT2D eigenvalue weighted by Crippen LogP contribution is 2.38. The molecule has 126 valence electrons. The van der Waals surface area contributed by atoms with Crippen molar-refractivity contribution in [2.75, 3.05) is 7.11 Å². The van der Waals surface area contributed by atoms with Crippen molar-refractivity contribution in [1.29, 1.82) is 0 Å². The molecule has 24 heavy (non-hydrogen) atoms. The fourth-order valence-corrected chi connectivity index (χ4v) is 3.14. The van der Waals surface area contributed by atoms with Crippen LogP contribution in [0.1, 0.15) is 40.4 Å². The highest BCUT2D eigenvalue weighted by atomic mass is 16.5. The van der Waals surface area contributed by atoms with E-state index in [9.17, 15) is 9.90 Å². The largest absolute Gasteiger partial charge is 0.495 e. The minimum atomic E-state index is -0.286. The van der Waals surface area contributed by atoms with E-state index < -0.39 is 0 Å². The van der Waals surface area contributed by atoms with Crippen LogP contribution in [0, 0.1) is 12.8 Å². The summed E-state index contributed by atoms with van der Waals surface area (Å²) in [5.41, 5.74) is 2.50. The van der Waals surface area contributed by atoms with Gasteiger partial charge in [0.25, 0.3) is 5.91 Å². The molecule has 1 aliphatic carbocycles. The molecule has 1 atom stereocenters. The van der Waals surface area contributed by atoms with Crippen LogP contribution < -0.4 is 10.1 Å². The first-order valence-corrected chi connectivity index (χ1v) is 8.12. The summed E-state index contributed by atoms with van der Waals surface area (Å²) in [6.07, 6.45) is 4.45. The van der Waals surface area contributed by atoms with Crippen molar-refractivity contribution >= 4 is 5.91 Å². The van der Waals surface area contributed by atoms with E-state index in [0.717, 1.165) is 11.1 Å². The van der Waals surface area contributed by atoms with E-state index in [0.29, 0.717) is 24.2 Å². The van der Waals surface area contributed by atoms with E-state index >= 15 is 0 Å². The molecule has 0 unspecified atom stereocenters. The van der Waals surface area contributed by atoms with E-state index in [-0.39, 0.29) is 24.0 Å². The average molecular weight is 326 g/mol. The molecule has 1 amide bonds. The Labute approximate surface area is 141 Å². The lowest BCUT2D eigenvalue weighted by Gasteiger charge is -2.38. The normalized spacial score (nSPS) is 20.8. The quantitative estimate of drug-likeness (QED) is 0.886. The number of aliphatic hydroxyl groups excluding tert-OH is 1. The summed E-state index contributed by atoms with van der Waals surface area (Å²) in [7, 11) is 1.59. The Bertz CT molecular complexity index is 726. The van der Waals surface area contributed by atoms with Gasteiger partial charge in [0.05, 0.1) is 25.5 Å². The van der Waals surface area contributed by atoms with E-state index in [1.54, 1.807) is 19.5 Å². The lowest BCUT2D eigenvalue weighted by molar-refractivity contribution is 0.0234. The molecule has 5 heteroatoms. The maximum absolute atomic E-state index is 12.7. The number of carbonyl (C=O) groups excluding carboxylic acids is 1. The zero-order valence-electron chi connectivity index (χ0n) is 13.9. The fraction of sp³-hybridized carbons (Fsp3) is 0.368. The van der Waals surface area contributed by atoms with Crippen molar-refractivity contribution in [3.8, 4) is 5.75 Å². The molecule has 1 aromatic carbocycles. The van der Waals surface area contributed by atoms with Gasteiger partial charge in [0.2, 0.25) is 0 Å². The highest BCUT2D eigenvalue weighted by Gasteiger charge is 2.36. The second-order valence-corrected chi connectivity index (χ2v) is 6.31. The number of aliphatic hydroxyl groups is 1. The minimum Gasteiger partial charge on any atom is -0.495 e. The molecule has 2 N–H and O–H groups in total. The van der Waals surface area contributed by atoms with Crippen LogP contribution in [-0.2, 0) is 0 Å². The Hall–Kier alpha value is -2.40. The van der Waals surface area contributed by atoms with Gasteiger partial charge < -0.3 is 15.2 Å². The number of amides is 1. The Morgan fingerprint density at radius 2 is 2.08 bits per heavy atom. The second kappa shape index (κ2) is 7.01. The fourth-order valence-electron chi connectivity index (χ4n) is 3.14. The van der Waals surface area contributed by atoms with Crippen LogP contribution in [0.3, 0.4) is 0 Å². The molecule has 0 aliphatic heterocycles. The van der Waals surface area contributed by atoms with Gasteiger partial charge in [0.15, 0.2) is 0 Å². The summed E-state index contributed by atoms with van der Waals surface area (Å²) in [4.78, 5) is 16.9. The van der Waals surface area contributed by atoms with Crippen LogP contribution in [0.15, 0.2) is 42.7 Å². The number of nitrogens with one attached hydrogen (secondary N) is 1. The van der Waals surface area contributed by atoms with Crippen LogP contribution in [-0.4, -0.2) is 29.2 Å². The molecule has 0 spiro atoms. The molecule has 1 aromatic heterocycles. The van der Waals surface area contributed by atoms with Crippen LogP contribution in [0.4, 0.5) is 0 Å². The van der Waals surface area contributed by atoms with Crippen LogP contribution in [0.5, 0.6) is 5.75 Å². The Kier molecular flexibility index (Phi) is 4.81. The van der Waals surface area contributed by atoms with E-state index in [1.807, 2.05) is 37.3 Å². The number of aromatic nitrogens is 1. The molecule has 1 heterocycles. The summed E-state index contributed by atoms with van der Waals surface area (Å²) in [6.45, 7) is 1.92. The van der Waals surface area contributed by atoms with Gasteiger partial charge in [-0.25, -0.2) is 0 Å². The van der Waals surface area contributed by atoms with Crippen molar-refractivity contribution in [2.45, 2.75) is 31.9 Å². The lowest BCUT2D eigenvalue weighted by atomic mass is 9.75. The van der Waals surface area contributed by atoms with Gasteiger partial charge in [-0.3, -0.25) is 9.78 Å². The molecule has 1 fully saturated rings. The number of hydrogen-bond donors (Lipinski definition) is 2. The van der Waals surface area contributed by atoms with Gasteiger partial charge in [-0.05, 0) is 48.9 Å². The minimum absolute atomic E-state index is 0.109. The Balaban J connectivity index is 1.85. The smallest absolute Gasteiger partial charge is 0.252 e. The third-order valence-electron chi connectivity index (χ3n) is 4.63. The zero-order chi connectivity index (χ0) is 17.1. The summed E-state index contributed by atoms with van der Waals surface area (Å²) >= 11 is 0. The zero-order valence-corrected chi connectivity index (χ0v) is 13.9. The van der Waals surface area contributed by atoms with Gasteiger partial charge >= 0.3 is 0 Å². The third-order valence-corrected chi connectivity index (χ3v) is 4.63. The second-order valence-electron chi connectivity index (χ2n) is 6.31. The standard InChI is InChI=1S/C19H22N2O3/c1-12-5-3-4-6-17(12)19(23)21-18(13-7-15(22)8-13)14-9-16(24-2)11-20-10-14/h3-6,9-11,13,15,18,22H,7-8H2,1-2H3,(H,21,23)/t13?,15?,18-/m0/s1. The number of hydrogen-bond acceptors (Lipinski definition) is 4. The topological polar surface area (TPSA) is 71.5 Å². The van der Waals surface area contributed by atoms with Gasteiger partial charge in [-0.15, -0.1) is 0 Å². The molecule has 3 rings (SSSR count). The number of carbonyl (C=O) groups is 1. The first-order valence-electron chi connectivity index (χ1n) is 8.12. The maximum atomic E-state index is 12.7. The van der Waals surface area contributed by atoms with Gasteiger partial charge in [-0.1, -0.05) is 18.2 Å². The summed E-state index contributed by atoms with van der Waals surface area (Å²) in [5, 5.41) is 12.8. The monoisotopic (exact) mass is 326 g/mol. The molecular formula is C19H22N2O3. The Morgan fingerprint density at radius 1 is 1.33 bits per heavy atom. The number of nitrogens with zero attached hydrogens (tertiary/aromatic N) is 1. The third kappa shape index (κ3) is 3.41. The van der Waals surface area contributed by atoms with Gasteiger partial charge in [0, 0.05) is 11.8 Å². The molecule has 1 aliphatic rings. The molecule has 1 saturated carbocycles. The maximum Gasteiger partial charge on any atom is 0.252 e. The van der Waals surface area contributed by atoms with Crippen molar-refractivity contribution in [3.05, 3.63) is 59.4 Å². The van der Waals surface area contributed by atoms with Gasteiger partial charge in [0.1, 0.15) is 5.75 Å². The summed E-state index contributed by atoms with van der Waals surface area (Å²) in [6, 6.07) is 9.21. The van der Waals surface area contributed by atoms with E-state index in [4.69, 9.17) is 4.74 Å². The Morgan fingerprint density at radius 3 is 2.75 bits per heavy atom. The summed E-state index contributed by atoms with van der Waals surface area (Å²) < 4.78 is 5.24. The molecule has 0 radical (unpaired) electrons. The van der Waals surface area contributed by atoms with Crippen LogP contribution >= 0.6 is 0 Å². The van der Waals surface area contributed by atoms with E-state index in [1.165, 1.54) is 0 Å². The van der Waals surface area contributed by atoms with E-state index in [2.05, 4.69) is 10.3 Å². The van der Waals surface area contributed by atoms with Crippen LogP contribution in [0.25, 0.3) is 0 Å². The lowest BCUT2D eigenvalue weighted by Crippen LogP contribution is -2.41. The first kappa shape index (κ1) is 16.5. The SMILES string of the molecule is COc1cncc([C@@H](NC(=O)c2ccccc2C)C2CC(O)C2)c1. The van der Waals surface area contributed by atoms with Crippen molar-refractivity contribution in [3.63, 3.8) is 0 Å². The van der Waals surface area contributed by atoms with Crippen LogP contribution in [0.2, 0.25) is 0 Å². The first-order chi connectivity index (χ1) is 11.6. The number of benzene rings is 1. The predicted molar refractivity (Wildman–Crippen MR) is 90.9 cm³/mol. The number of pyridine rings is 1. The molecule has 0 saturated heterocycles. The molecule has 5 nitrogen and oxygen atoms in total. The van der Waals surface area contributed by atoms with Crippen molar-refractivity contribution in [1.82, 2.24) is 10.3 Å². The molecule has 0 bridgehead atoms. The number of ether oxygens (including phenoxy) is 1. The molecule has 2 aromatic rings. The number of rotatable bonds is 5. The molecular weight excluding hydrogens is 304 g/mol. The van der Waals surface area contributed by atoms with Gasteiger partial charge in [-0.2, -0.15) is 0 Å². The summed E-state index contributed by atoms with van der Waals surface area (Å²) in [5.74, 6) is 0.742. The number of methoxy groups -OCH3 is 1.